The number of nitrogens with zero attached hydrogens (tertiary/aromatic N) is 3. The van der Waals surface area contributed by atoms with E-state index in [4.69, 9.17) is 4.74 Å². The van der Waals surface area contributed by atoms with Crippen LogP contribution in [0.15, 0.2) is 41.6 Å². The van der Waals surface area contributed by atoms with Gasteiger partial charge in [0.05, 0.1) is 19.5 Å². The van der Waals surface area contributed by atoms with E-state index in [9.17, 15) is 8.42 Å². The summed E-state index contributed by atoms with van der Waals surface area (Å²) in [5.41, 5.74) is 0.705. The average molecular weight is 350 g/mol. The van der Waals surface area contributed by atoms with Crippen molar-refractivity contribution in [1.82, 2.24) is 19.4 Å². The number of ether oxygens (including phenoxy) is 1. The second kappa shape index (κ2) is 6.92. The molecular weight excluding hydrogens is 328 g/mol. The molecule has 0 bridgehead atoms. The van der Waals surface area contributed by atoms with Gasteiger partial charge in [0.25, 0.3) is 0 Å². The van der Waals surface area contributed by atoms with Gasteiger partial charge >= 0.3 is 0 Å². The van der Waals surface area contributed by atoms with E-state index in [2.05, 4.69) is 10.4 Å². The standard InChI is InChI=1S/C16H22N4O3S/c1-17-9-13-7-8-19(11-13)24(21,22)14-10-18-20(12-14)15-5-3-4-6-16(15)23-2/h3-6,10,12-13,17H,7-9,11H2,1-2H3. The van der Waals surface area contributed by atoms with Crippen molar-refractivity contribution >= 4 is 10.0 Å². The van der Waals surface area contributed by atoms with Crippen molar-refractivity contribution < 1.29 is 13.2 Å². The van der Waals surface area contributed by atoms with Crippen LogP contribution in [0.3, 0.4) is 0 Å². The lowest BCUT2D eigenvalue weighted by atomic mass is 10.1. The summed E-state index contributed by atoms with van der Waals surface area (Å²) >= 11 is 0. The Hall–Kier alpha value is -1.90. The molecule has 0 saturated carbocycles. The van der Waals surface area contributed by atoms with E-state index >= 15 is 0 Å². The molecule has 1 aromatic carbocycles. The first-order valence-corrected chi connectivity index (χ1v) is 9.33. The first-order valence-electron chi connectivity index (χ1n) is 7.89. The highest BCUT2D eigenvalue weighted by atomic mass is 32.2. The largest absolute Gasteiger partial charge is 0.494 e. The molecule has 0 amide bonds. The lowest BCUT2D eigenvalue weighted by molar-refractivity contribution is 0.411. The topological polar surface area (TPSA) is 76.5 Å². The zero-order valence-corrected chi connectivity index (χ0v) is 14.7. The quantitative estimate of drug-likeness (QED) is 0.845. The molecule has 2 heterocycles. The van der Waals surface area contributed by atoms with Gasteiger partial charge in [0, 0.05) is 13.1 Å². The summed E-state index contributed by atoms with van der Waals surface area (Å²) in [5.74, 6) is 0.994. The van der Waals surface area contributed by atoms with Crippen LogP contribution in [0, 0.1) is 5.92 Å². The van der Waals surface area contributed by atoms with Gasteiger partial charge in [-0.1, -0.05) is 12.1 Å². The van der Waals surface area contributed by atoms with Gasteiger partial charge in [0.15, 0.2) is 0 Å². The van der Waals surface area contributed by atoms with E-state index in [-0.39, 0.29) is 4.90 Å². The number of benzene rings is 1. The molecule has 2 aromatic rings. The summed E-state index contributed by atoms with van der Waals surface area (Å²) in [5, 5.41) is 7.31. The van der Waals surface area contributed by atoms with Crippen LogP contribution in [0.4, 0.5) is 0 Å². The molecule has 1 unspecified atom stereocenters. The zero-order chi connectivity index (χ0) is 17.2. The first-order chi connectivity index (χ1) is 11.6. The lowest BCUT2D eigenvalue weighted by Gasteiger charge is -2.15. The average Bonchev–Trinajstić information content (AvgIpc) is 3.25. The number of hydrogen-bond acceptors (Lipinski definition) is 5. The highest BCUT2D eigenvalue weighted by Crippen LogP contribution is 2.26. The second-order valence-corrected chi connectivity index (χ2v) is 7.81. The molecule has 0 radical (unpaired) electrons. The number of sulfonamides is 1. The molecule has 0 spiro atoms. The van der Waals surface area contributed by atoms with Gasteiger partial charge < -0.3 is 10.1 Å². The van der Waals surface area contributed by atoms with E-state index < -0.39 is 10.0 Å². The molecule has 1 saturated heterocycles. The van der Waals surface area contributed by atoms with Crippen LogP contribution in [0.1, 0.15) is 6.42 Å². The molecule has 1 N–H and O–H groups in total. The molecule has 1 aliphatic heterocycles. The molecule has 1 aliphatic rings. The minimum atomic E-state index is -3.52. The first kappa shape index (κ1) is 16.9. The Morgan fingerprint density at radius 3 is 2.92 bits per heavy atom. The van der Waals surface area contributed by atoms with Crippen LogP contribution in [0.5, 0.6) is 5.75 Å². The maximum Gasteiger partial charge on any atom is 0.246 e. The molecule has 8 heteroatoms. The Morgan fingerprint density at radius 1 is 1.38 bits per heavy atom. The number of para-hydroxylation sites is 2. The van der Waals surface area contributed by atoms with Gasteiger partial charge in [-0.25, -0.2) is 13.1 Å². The minimum Gasteiger partial charge on any atom is -0.494 e. The van der Waals surface area contributed by atoms with E-state index in [1.54, 1.807) is 17.6 Å². The maximum atomic E-state index is 12.8. The third-order valence-corrected chi connectivity index (χ3v) is 6.09. The summed E-state index contributed by atoms with van der Waals surface area (Å²) < 4.78 is 34.0. The predicted octanol–water partition coefficient (Wildman–Crippen LogP) is 1.11. The number of nitrogens with one attached hydrogen (secondary N) is 1. The Morgan fingerprint density at radius 2 is 2.17 bits per heavy atom. The fraction of sp³-hybridized carbons (Fsp3) is 0.438. The van der Waals surface area contributed by atoms with Crippen LogP contribution in [-0.4, -0.2) is 56.3 Å². The Bertz CT molecular complexity index is 803. The SMILES string of the molecule is CNCC1CCN(S(=O)(=O)c2cnn(-c3ccccc3OC)c2)C1. The molecule has 1 atom stereocenters. The normalized spacial score (nSPS) is 18.8. The second-order valence-electron chi connectivity index (χ2n) is 5.87. The van der Waals surface area contributed by atoms with Gasteiger partial charge in [0.1, 0.15) is 16.3 Å². The highest BCUT2D eigenvalue weighted by Gasteiger charge is 2.33. The van der Waals surface area contributed by atoms with Gasteiger partial charge in [-0.05, 0) is 38.1 Å². The van der Waals surface area contributed by atoms with E-state index in [1.807, 2.05) is 31.3 Å². The Kier molecular flexibility index (Phi) is 4.88. The Balaban J connectivity index is 1.85. The van der Waals surface area contributed by atoms with E-state index in [0.717, 1.165) is 13.0 Å². The summed E-state index contributed by atoms with van der Waals surface area (Å²) in [7, 11) is -0.0564. The van der Waals surface area contributed by atoms with E-state index in [0.29, 0.717) is 30.4 Å². The third kappa shape index (κ3) is 3.17. The molecule has 24 heavy (non-hydrogen) atoms. The fourth-order valence-corrected chi connectivity index (χ4v) is 4.47. The van der Waals surface area contributed by atoms with Gasteiger partial charge in [-0.15, -0.1) is 0 Å². The number of rotatable bonds is 6. The number of hydrogen-bond donors (Lipinski definition) is 1. The van der Waals surface area contributed by atoms with Crippen LogP contribution in [0.25, 0.3) is 5.69 Å². The molecular formula is C16H22N4O3S. The molecule has 0 aliphatic carbocycles. The van der Waals surface area contributed by atoms with Crippen LogP contribution < -0.4 is 10.1 Å². The van der Waals surface area contributed by atoms with Crippen molar-refractivity contribution in [3.05, 3.63) is 36.7 Å². The zero-order valence-electron chi connectivity index (χ0n) is 13.8. The minimum absolute atomic E-state index is 0.207. The van der Waals surface area contributed by atoms with Crippen LogP contribution in [-0.2, 0) is 10.0 Å². The highest BCUT2D eigenvalue weighted by molar-refractivity contribution is 7.89. The monoisotopic (exact) mass is 350 g/mol. The van der Waals surface area contributed by atoms with Crippen LogP contribution in [0.2, 0.25) is 0 Å². The lowest BCUT2D eigenvalue weighted by Crippen LogP contribution is -2.30. The van der Waals surface area contributed by atoms with Gasteiger partial charge in [-0.3, -0.25) is 0 Å². The van der Waals surface area contributed by atoms with Gasteiger partial charge in [0.2, 0.25) is 10.0 Å². The van der Waals surface area contributed by atoms with Crippen molar-refractivity contribution in [3.8, 4) is 11.4 Å². The third-order valence-electron chi connectivity index (χ3n) is 4.27. The number of aromatic nitrogens is 2. The molecule has 1 aromatic heterocycles. The molecule has 130 valence electrons. The molecule has 7 nitrogen and oxygen atoms in total. The van der Waals surface area contributed by atoms with Crippen LogP contribution >= 0.6 is 0 Å². The summed E-state index contributed by atoms with van der Waals surface area (Å²) in [6.07, 6.45) is 3.81. The van der Waals surface area contributed by atoms with Crippen molar-refractivity contribution in [1.29, 1.82) is 0 Å². The van der Waals surface area contributed by atoms with Crippen molar-refractivity contribution in [2.75, 3.05) is 33.8 Å². The van der Waals surface area contributed by atoms with Gasteiger partial charge in [-0.2, -0.15) is 9.40 Å². The fourth-order valence-electron chi connectivity index (χ4n) is 3.01. The van der Waals surface area contributed by atoms with Crippen molar-refractivity contribution in [2.45, 2.75) is 11.3 Å². The summed E-state index contributed by atoms with van der Waals surface area (Å²) in [6, 6.07) is 7.36. The smallest absolute Gasteiger partial charge is 0.246 e. The molecule has 1 fully saturated rings. The van der Waals surface area contributed by atoms with Crippen molar-refractivity contribution in [3.63, 3.8) is 0 Å². The van der Waals surface area contributed by atoms with E-state index in [1.165, 1.54) is 10.9 Å². The van der Waals surface area contributed by atoms with Crippen molar-refractivity contribution in [2.24, 2.45) is 5.92 Å². The maximum absolute atomic E-state index is 12.8. The summed E-state index contributed by atoms with van der Waals surface area (Å²) in [4.78, 5) is 0.207. The Labute approximate surface area is 142 Å². The number of methoxy groups -OCH3 is 1. The predicted molar refractivity (Wildman–Crippen MR) is 90.9 cm³/mol. The summed E-state index contributed by atoms with van der Waals surface area (Å²) in [6.45, 7) is 1.92. The molecule has 3 rings (SSSR count).